The molecule has 0 amide bonds. The van der Waals surface area contributed by atoms with E-state index in [1.165, 1.54) is 19.3 Å². The first-order valence-corrected chi connectivity index (χ1v) is 6.12. The Bertz CT molecular complexity index is 273. The SMILES string of the molecule is CCCCCn1ccnc1NCCCOC. The first-order chi connectivity index (χ1) is 7.88. The van der Waals surface area contributed by atoms with Crippen molar-refractivity contribution >= 4 is 5.95 Å². The molecule has 0 fully saturated rings. The number of ether oxygens (including phenoxy) is 1. The lowest BCUT2D eigenvalue weighted by Gasteiger charge is -2.09. The molecule has 0 atom stereocenters. The van der Waals surface area contributed by atoms with Gasteiger partial charge in [0.25, 0.3) is 0 Å². The van der Waals surface area contributed by atoms with Crippen LogP contribution >= 0.6 is 0 Å². The number of imidazole rings is 1. The molecule has 0 radical (unpaired) electrons. The van der Waals surface area contributed by atoms with E-state index in [4.69, 9.17) is 4.74 Å². The Kier molecular flexibility index (Phi) is 6.65. The van der Waals surface area contributed by atoms with E-state index in [-0.39, 0.29) is 0 Å². The van der Waals surface area contributed by atoms with E-state index < -0.39 is 0 Å². The van der Waals surface area contributed by atoms with Gasteiger partial charge in [-0.15, -0.1) is 0 Å². The number of unbranched alkanes of at least 4 members (excludes halogenated alkanes) is 2. The molecule has 1 N–H and O–H groups in total. The highest BCUT2D eigenvalue weighted by Crippen LogP contribution is 2.07. The lowest BCUT2D eigenvalue weighted by Crippen LogP contribution is -2.10. The maximum Gasteiger partial charge on any atom is 0.202 e. The topological polar surface area (TPSA) is 39.1 Å². The minimum absolute atomic E-state index is 0.795. The standard InChI is InChI=1S/C12H23N3O/c1-3-4-5-9-15-10-8-14-12(15)13-7-6-11-16-2/h8,10H,3-7,9,11H2,1-2H3,(H,13,14). The second-order valence-electron chi connectivity index (χ2n) is 3.92. The van der Waals surface area contributed by atoms with Crippen molar-refractivity contribution in [2.45, 2.75) is 39.2 Å². The smallest absolute Gasteiger partial charge is 0.202 e. The molecule has 0 saturated carbocycles. The number of nitrogens with one attached hydrogen (secondary N) is 1. The van der Waals surface area contributed by atoms with Crippen LogP contribution in [-0.2, 0) is 11.3 Å². The maximum absolute atomic E-state index is 5.00. The van der Waals surface area contributed by atoms with Gasteiger partial charge in [0, 0.05) is 39.2 Å². The van der Waals surface area contributed by atoms with Crippen molar-refractivity contribution in [3.8, 4) is 0 Å². The number of anilines is 1. The van der Waals surface area contributed by atoms with Crippen LogP contribution in [0.4, 0.5) is 5.95 Å². The maximum atomic E-state index is 5.00. The molecular formula is C12H23N3O. The summed E-state index contributed by atoms with van der Waals surface area (Å²) in [7, 11) is 1.73. The van der Waals surface area contributed by atoms with Gasteiger partial charge >= 0.3 is 0 Å². The van der Waals surface area contributed by atoms with Crippen LogP contribution in [0.3, 0.4) is 0 Å². The fraction of sp³-hybridized carbons (Fsp3) is 0.750. The number of hydrogen-bond acceptors (Lipinski definition) is 3. The van der Waals surface area contributed by atoms with Gasteiger partial charge in [-0.2, -0.15) is 0 Å². The first-order valence-electron chi connectivity index (χ1n) is 6.12. The van der Waals surface area contributed by atoms with Gasteiger partial charge < -0.3 is 14.6 Å². The van der Waals surface area contributed by atoms with E-state index in [1.54, 1.807) is 7.11 Å². The molecule has 0 aliphatic rings. The van der Waals surface area contributed by atoms with Gasteiger partial charge in [0.15, 0.2) is 0 Å². The molecule has 1 aromatic rings. The van der Waals surface area contributed by atoms with E-state index in [2.05, 4.69) is 21.8 Å². The average Bonchev–Trinajstić information content (AvgIpc) is 2.73. The molecule has 0 aromatic carbocycles. The van der Waals surface area contributed by atoms with Gasteiger partial charge in [-0.3, -0.25) is 0 Å². The highest BCUT2D eigenvalue weighted by molar-refractivity contribution is 5.25. The number of methoxy groups -OCH3 is 1. The highest BCUT2D eigenvalue weighted by Gasteiger charge is 2.00. The fourth-order valence-electron chi connectivity index (χ4n) is 1.61. The molecule has 0 saturated heterocycles. The molecule has 1 aromatic heterocycles. The van der Waals surface area contributed by atoms with Crippen molar-refractivity contribution in [1.29, 1.82) is 0 Å². The van der Waals surface area contributed by atoms with Crippen molar-refractivity contribution in [3.05, 3.63) is 12.4 Å². The zero-order chi connectivity index (χ0) is 11.6. The Morgan fingerprint density at radius 3 is 3.00 bits per heavy atom. The normalized spacial score (nSPS) is 10.6. The van der Waals surface area contributed by atoms with Crippen LogP contribution in [0.15, 0.2) is 12.4 Å². The number of rotatable bonds is 9. The molecule has 0 aliphatic heterocycles. The largest absolute Gasteiger partial charge is 0.385 e. The zero-order valence-corrected chi connectivity index (χ0v) is 10.4. The summed E-state index contributed by atoms with van der Waals surface area (Å²) in [6.45, 7) is 4.99. The third kappa shape index (κ3) is 4.66. The number of nitrogens with zero attached hydrogens (tertiary/aromatic N) is 2. The molecular weight excluding hydrogens is 202 g/mol. The molecule has 0 aliphatic carbocycles. The number of aromatic nitrogens is 2. The van der Waals surface area contributed by atoms with Crippen molar-refractivity contribution in [2.75, 3.05) is 25.6 Å². The van der Waals surface area contributed by atoms with Gasteiger partial charge in [-0.25, -0.2) is 4.98 Å². The van der Waals surface area contributed by atoms with E-state index in [0.29, 0.717) is 0 Å². The van der Waals surface area contributed by atoms with Crippen LogP contribution in [0.2, 0.25) is 0 Å². The lowest BCUT2D eigenvalue weighted by molar-refractivity contribution is 0.197. The third-order valence-corrected chi connectivity index (χ3v) is 2.53. The van der Waals surface area contributed by atoms with Crippen LogP contribution in [0.5, 0.6) is 0 Å². The summed E-state index contributed by atoms with van der Waals surface area (Å²) in [5.41, 5.74) is 0. The Hall–Kier alpha value is -1.03. The van der Waals surface area contributed by atoms with Crippen LogP contribution < -0.4 is 5.32 Å². The summed E-state index contributed by atoms with van der Waals surface area (Å²) in [5, 5.41) is 3.33. The molecule has 1 heterocycles. The van der Waals surface area contributed by atoms with Crippen LogP contribution in [0.25, 0.3) is 0 Å². The fourth-order valence-corrected chi connectivity index (χ4v) is 1.61. The summed E-state index contributed by atoms with van der Waals surface area (Å²) in [6, 6.07) is 0. The van der Waals surface area contributed by atoms with E-state index in [0.717, 1.165) is 32.1 Å². The van der Waals surface area contributed by atoms with Crippen molar-refractivity contribution in [2.24, 2.45) is 0 Å². The molecule has 4 nitrogen and oxygen atoms in total. The summed E-state index contributed by atoms with van der Waals surface area (Å²) in [4.78, 5) is 4.30. The molecule has 92 valence electrons. The molecule has 0 spiro atoms. The lowest BCUT2D eigenvalue weighted by atomic mass is 10.2. The molecule has 4 heteroatoms. The first kappa shape index (κ1) is 13.0. The second kappa shape index (κ2) is 8.16. The van der Waals surface area contributed by atoms with E-state index in [9.17, 15) is 0 Å². The molecule has 0 unspecified atom stereocenters. The summed E-state index contributed by atoms with van der Waals surface area (Å²) < 4.78 is 7.19. The Morgan fingerprint density at radius 1 is 1.38 bits per heavy atom. The Morgan fingerprint density at radius 2 is 2.25 bits per heavy atom. The molecule has 16 heavy (non-hydrogen) atoms. The predicted octanol–water partition coefficient (Wildman–Crippen LogP) is 2.52. The van der Waals surface area contributed by atoms with Gasteiger partial charge in [-0.05, 0) is 12.8 Å². The van der Waals surface area contributed by atoms with E-state index in [1.807, 2.05) is 12.4 Å². The van der Waals surface area contributed by atoms with Crippen molar-refractivity contribution < 1.29 is 4.74 Å². The summed E-state index contributed by atoms with van der Waals surface area (Å²) >= 11 is 0. The van der Waals surface area contributed by atoms with Gasteiger partial charge in [0.2, 0.25) is 5.95 Å². The van der Waals surface area contributed by atoms with Crippen LogP contribution in [0, 0.1) is 0 Å². The summed E-state index contributed by atoms with van der Waals surface area (Å²) in [6.07, 6.45) is 8.66. The zero-order valence-electron chi connectivity index (χ0n) is 10.4. The second-order valence-corrected chi connectivity index (χ2v) is 3.92. The highest BCUT2D eigenvalue weighted by atomic mass is 16.5. The summed E-state index contributed by atoms with van der Waals surface area (Å²) in [5.74, 6) is 0.979. The van der Waals surface area contributed by atoms with Crippen LogP contribution in [0.1, 0.15) is 32.6 Å². The van der Waals surface area contributed by atoms with Crippen molar-refractivity contribution in [3.63, 3.8) is 0 Å². The predicted molar refractivity (Wildman–Crippen MR) is 66.7 cm³/mol. The molecule has 0 bridgehead atoms. The van der Waals surface area contributed by atoms with Gasteiger partial charge in [-0.1, -0.05) is 19.8 Å². The number of hydrogen-bond donors (Lipinski definition) is 1. The molecule has 1 rings (SSSR count). The van der Waals surface area contributed by atoms with Crippen LogP contribution in [-0.4, -0.2) is 29.8 Å². The van der Waals surface area contributed by atoms with Gasteiger partial charge in [0.05, 0.1) is 0 Å². The monoisotopic (exact) mass is 225 g/mol. The van der Waals surface area contributed by atoms with Crippen molar-refractivity contribution in [1.82, 2.24) is 9.55 Å². The minimum atomic E-state index is 0.795. The van der Waals surface area contributed by atoms with E-state index >= 15 is 0 Å². The van der Waals surface area contributed by atoms with Gasteiger partial charge in [0.1, 0.15) is 0 Å². The Balaban J connectivity index is 2.26. The average molecular weight is 225 g/mol. The number of aryl methyl sites for hydroxylation is 1. The third-order valence-electron chi connectivity index (χ3n) is 2.53. The minimum Gasteiger partial charge on any atom is -0.385 e. The Labute approximate surface area is 98.0 Å². The quantitative estimate of drug-likeness (QED) is 0.656.